The van der Waals surface area contributed by atoms with Crippen molar-refractivity contribution in [3.63, 3.8) is 0 Å². The highest BCUT2D eigenvalue weighted by Gasteiger charge is 2.51. The van der Waals surface area contributed by atoms with E-state index < -0.39 is 28.6 Å². The monoisotopic (exact) mass is 485 g/mol. The maximum Gasteiger partial charge on any atom is 0.256 e. The molecule has 2 unspecified atom stereocenters. The number of benzene rings is 1. The second-order valence-electron chi connectivity index (χ2n) is 10.6. The molecule has 2 aliphatic rings. The number of likely N-dealkylation sites (tertiary alicyclic amines) is 1. The van der Waals surface area contributed by atoms with E-state index >= 15 is 0 Å². The van der Waals surface area contributed by atoms with Crippen molar-refractivity contribution in [3.8, 4) is 11.3 Å². The summed E-state index contributed by atoms with van der Waals surface area (Å²) in [6.45, 7) is 7.67. The number of halogens is 1. The lowest BCUT2D eigenvalue weighted by Crippen LogP contribution is -2.62. The molecule has 1 aromatic carbocycles. The van der Waals surface area contributed by atoms with Crippen LogP contribution < -0.4 is 5.56 Å². The molecule has 0 spiro atoms. The van der Waals surface area contributed by atoms with Crippen molar-refractivity contribution in [1.82, 2.24) is 14.5 Å². The predicted molar refractivity (Wildman–Crippen MR) is 131 cm³/mol. The molecule has 35 heavy (non-hydrogen) atoms. The molecule has 2 atom stereocenters. The zero-order valence-electron chi connectivity index (χ0n) is 21.1. The summed E-state index contributed by atoms with van der Waals surface area (Å²) in [7, 11) is 0. The first-order valence-electron chi connectivity index (χ1n) is 12.6. The van der Waals surface area contributed by atoms with Crippen LogP contribution in [0.2, 0.25) is 0 Å². The normalized spacial score (nSPS) is 23.8. The lowest BCUT2D eigenvalue weighted by Gasteiger charge is -2.51. The number of nitrogens with zero attached hydrogens (tertiary/aromatic N) is 3. The predicted octanol–water partition coefficient (Wildman–Crippen LogP) is 4.00. The topological polar surface area (TPSA) is 84.7 Å². The average molecular weight is 486 g/mol. The Hall–Kier alpha value is -2.58. The van der Waals surface area contributed by atoms with Gasteiger partial charge in [0.1, 0.15) is 17.7 Å². The fraction of sp³-hybridized carbons (Fsp3) is 0.593. The van der Waals surface area contributed by atoms with Crippen molar-refractivity contribution in [2.45, 2.75) is 84.2 Å². The minimum atomic E-state index is -1.56. The highest BCUT2D eigenvalue weighted by atomic mass is 19.1. The summed E-state index contributed by atoms with van der Waals surface area (Å²) >= 11 is 0. The van der Waals surface area contributed by atoms with E-state index in [1.165, 1.54) is 23.1 Å². The van der Waals surface area contributed by atoms with E-state index in [1.54, 1.807) is 36.9 Å². The van der Waals surface area contributed by atoms with Gasteiger partial charge in [-0.1, -0.05) is 45.2 Å². The van der Waals surface area contributed by atoms with Gasteiger partial charge in [0, 0.05) is 36.6 Å². The molecule has 1 aromatic heterocycles. The SMILES string of the molecule is Cc1nc(-c2ccccc2F)cc(=O)n1C1(O)CCN(C(=O)C(C)OC2CCCCC2)CC1(C)C. The van der Waals surface area contributed by atoms with Crippen molar-refractivity contribution in [3.05, 3.63) is 52.3 Å². The van der Waals surface area contributed by atoms with E-state index in [2.05, 4.69) is 4.98 Å². The van der Waals surface area contributed by atoms with E-state index in [-0.39, 0.29) is 42.8 Å². The molecule has 0 bridgehead atoms. The molecule has 2 fully saturated rings. The Kier molecular flexibility index (Phi) is 7.16. The molecule has 8 heteroatoms. The lowest BCUT2D eigenvalue weighted by atomic mass is 9.75. The van der Waals surface area contributed by atoms with Gasteiger partial charge < -0.3 is 14.7 Å². The molecule has 1 saturated carbocycles. The first-order valence-corrected chi connectivity index (χ1v) is 12.6. The van der Waals surface area contributed by atoms with Crippen LogP contribution in [0, 0.1) is 18.2 Å². The molecule has 4 rings (SSSR count). The van der Waals surface area contributed by atoms with Crippen molar-refractivity contribution < 1.29 is 19.0 Å². The molecule has 190 valence electrons. The zero-order valence-corrected chi connectivity index (χ0v) is 21.1. The number of carbonyl (C=O) groups is 1. The first-order chi connectivity index (χ1) is 16.5. The van der Waals surface area contributed by atoms with E-state index in [9.17, 15) is 19.1 Å². The Labute approximate surface area is 205 Å². The summed E-state index contributed by atoms with van der Waals surface area (Å²) in [6.07, 6.45) is 5.20. The van der Waals surface area contributed by atoms with Crippen molar-refractivity contribution >= 4 is 5.91 Å². The van der Waals surface area contributed by atoms with Crippen LogP contribution in [0.4, 0.5) is 4.39 Å². The second-order valence-corrected chi connectivity index (χ2v) is 10.6. The van der Waals surface area contributed by atoms with E-state index in [0.717, 1.165) is 25.7 Å². The number of ether oxygens (including phenoxy) is 1. The van der Waals surface area contributed by atoms with Crippen LogP contribution in [-0.2, 0) is 15.3 Å². The second kappa shape index (κ2) is 9.82. The summed E-state index contributed by atoms with van der Waals surface area (Å²) in [6, 6.07) is 7.41. The van der Waals surface area contributed by atoms with E-state index in [1.807, 2.05) is 13.8 Å². The molecule has 2 heterocycles. The van der Waals surface area contributed by atoms with Crippen molar-refractivity contribution in [1.29, 1.82) is 0 Å². The molecule has 1 aliphatic heterocycles. The zero-order chi connectivity index (χ0) is 25.4. The van der Waals surface area contributed by atoms with E-state index in [4.69, 9.17) is 4.74 Å². The van der Waals surface area contributed by atoms with Gasteiger partial charge in [-0.15, -0.1) is 0 Å². The summed E-state index contributed by atoms with van der Waals surface area (Å²) in [5.74, 6) is -0.269. The smallest absolute Gasteiger partial charge is 0.256 e. The van der Waals surface area contributed by atoms with Crippen molar-refractivity contribution in [2.24, 2.45) is 5.41 Å². The maximum atomic E-state index is 14.3. The molecule has 0 radical (unpaired) electrons. The van der Waals surface area contributed by atoms with Crippen LogP contribution >= 0.6 is 0 Å². The van der Waals surface area contributed by atoms with Gasteiger partial charge >= 0.3 is 0 Å². The van der Waals surface area contributed by atoms with Crippen LogP contribution in [0.5, 0.6) is 0 Å². The standard InChI is InChI=1S/C27H36FN3O4/c1-18(35-20-10-6-5-7-11-20)25(33)30-15-14-27(34,26(3,4)17-30)31-19(2)29-23(16-24(31)32)21-12-8-9-13-22(21)28/h8-9,12-13,16,18,20,34H,5-7,10-11,14-15,17H2,1-4H3. The number of hydrogen-bond acceptors (Lipinski definition) is 5. The number of hydrogen-bond donors (Lipinski definition) is 1. The third kappa shape index (κ3) is 4.91. The van der Waals surface area contributed by atoms with Gasteiger partial charge in [-0.3, -0.25) is 14.2 Å². The average Bonchev–Trinajstić information content (AvgIpc) is 2.81. The molecule has 1 aliphatic carbocycles. The minimum Gasteiger partial charge on any atom is -0.370 e. The van der Waals surface area contributed by atoms with Crippen LogP contribution in [0.15, 0.2) is 35.1 Å². The number of carbonyl (C=O) groups excluding carboxylic acids is 1. The Balaban J connectivity index is 1.55. The molecule has 1 amide bonds. The first kappa shape index (κ1) is 25.5. The largest absolute Gasteiger partial charge is 0.370 e. The van der Waals surface area contributed by atoms with Crippen LogP contribution in [0.3, 0.4) is 0 Å². The van der Waals surface area contributed by atoms with Gasteiger partial charge in [-0.05, 0) is 38.8 Å². The Bertz CT molecular complexity index is 1140. The number of aryl methyl sites for hydroxylation is 1. The van der Waals surface area contributed by atoms with Gasteiger partial charge in [0.25, 0.3) is 11.5 Å². The van der Waals surface area contributed by atoms with Gasteiger partial charge in [-0.25, -0.2) is 9.37 Å². The fourth-order valence-electron chi connectivity index (χ4n) is 5.57. The highest BCUT2D eigenvalue weighted by Crippen LogP contribution is 2.42. The molecule has 7 nitrogen and oxygen atoms in total. The van der Waals surface area contributed by atoms with Gasteiger partial charge in [0.05, 0.1) is 11.8 Å². The van der Waals surface area contributed by atoms with Gasteiger partial charge in [0.15, 0.2) is 5.72 Å². The Morgan fingerprint density at radius 2 is 1.91 bits per heavy atom. The third-order valence-electron chi connectivity index (χ3n) is 7.61. The van der Waals surface area contributed by atoms with Crippen LogP contribution in [-0.4, -0.2) is 50.8 Å². The number of piperidine rings is 1. The molecular formula is C27H36FN3O4. The molecular weight excluding hydrogens is 449 g/mol. The number of aliphatic hydroxyl groups is 1. The van der Waals surface area contributed by atoms with Gasteiger partial charge in [-0.2, -0.15) is 0 Å². The number of amides is 1. The van der Waals surface area contributed by atoms with Crippen molar-refractivity contribution in [2.75, 3.05) is 13.1 Å². The van der Waals surface area contributed by atoms with Crippen LogP contribution in [0.25, 0.3) is 11.3 Å². The minimum absolute atomic E-state index is 0.0946. The summed E-state index contributed by atoms with van der Waals surface area (Å²) in [4.78, 5) is 32.6. The van der Waals surface area contributed by atoms with Crippen LogP contribution in [0.1, 0.15) is 65.1 Å². The molecule has 1 N–H and O–H groups in total. The molecule has 2 aromatic rings. The summed E-state index contributed by atoms with van der Waals surface area (Å²) in [5, 5.41) is 11.8. The third-order valence-corrected chi connectivity index (χ3v) is 7.61. The lowest BCUT2D eigenvalue weighted by molar-refractivity contribution is -0.191. The number of aromatic nitrogens is 2. The summed E-state index contributed by atoms with van der Waals surface area (Å²) in [5.41, 5.74) is -2.40. The van der Waals surface area contributed by atoms with E-state index in [0.29, 0.717) is 5.82 Å². The quantitative estimate of drug-likeness (QED) is 0.692. The number of rotatable bonds is 5. The maximum absolute atomic E-state index is 14.3. The molecule has 1 saturated heterocycles. The highest BCUT2D eigenvalue weighted by molar-refractivity contribution is 5.80. The van der Waals surface area contributed by atoms with Gasteiger partial charge in [0.2, 0.25) is 0 Å². The Morgan fingerprint density at radius 3 is 2.54 bits per heavy atom. The summed E-state index contributed by atoms with van der Waals surface area (Å²) < 4.78 is 21.6. The fourth-order valence-corrected chi connectivity index (χ4v) is 5.57. The Morgan fingerprint density at radius 1 is 1.23 bits per heavy atom.